The highest BCUT2D eigenvalue weighted by molar-refractivity contribution is 5.85. The number of fused-ring (bicyclic) bond motifs is 1. The lowest BCUT2D eigenvalue weighted by molar-refractivity contribution is 0.626. The summed E-state index contributed by atoms with van der Waals surface area (Å²) in [6.45, 7) is 3.22. The Balaban J connectivity index is 1.71. The first-order chi connectivity index (χ1) is 13.5. The van der Waals surface area contributed by atoms with Gasteiger partial charge >= 0.3 is 0 Å². The molecule has 4 rings (SSSR count). The van der Waals surface area contributed by atoms with Gasteiger partial charge in [0, 0.05) is 31.2 Å². The Morgan fingerprint density at radius 1 is 0.821 bits per heavy atom. The maximum absolute atomic E-state index is 13.3. The molecule has 0 bridgehead atoms. The average Bonchev–Trinajstić information content (AvgIpc) is 2.98. The molecular formula is C23H21F2N3. The van der Waals surface area contributed by atoms with Crippen molar-refractivity contribution in [3.8, 4) is 0 Å². The van der Waals surface area contributed by atoms with Crippen molar-refractivity contribution < 1.29 is 8.78 Å². The standard InChI is InChI=1S/C23H21F2N3/c1-16-22-13-21(11-12-23(22)27(2)26-16)28(14-17-3-7-19(24)8-4-17)15-18-5-9-20(25)10-6-18/h3-13H,14-15H2,1-2H3. The molecule has 0 amide bonds. The van der Waals surface area contributed by atoms with E-state index in [2.05, 4.69) is 28.2 Å². The number of aromatic nitrogens is 2. The van der Waals surface area contributed by atoms with Gasteiger partial charge in [0.1, 0.15) is 11.6 Å². The first-order valence-corrected chi connectivity index (χ1v) is 9.17. The van der Waals surface area contributed by atoms with E-state index in [9.17, 15) is 8.78 Å². The van der Waals surface area contributed by atoms with Gasteiger partial charge in [-0.05, 0) is 60.5 Å². The first-order valence-electron chi connectivity index (χ1n) is 9.17. The van der Waals surface area contributed by atoms with E-state index in [0.29, 0.717) is 13.1 Å². The van der Waals surface area contributed by atoms with Crippen LogP contribution in [-0.2, 0) is 20.1 Å². The molecule has 0 N–H and O–H groups in total. The molecule has 0 saturated carbocycles. The molecule has 0 radical (unpaired) electrons. The summed E-state index contributed by atoms with van der Waals surface area (Å²) in [7, 11) is 1.93. The van der Waals surface area contributed by atoms with Crippen molar-refractivity contribution in [2.75, 3.05) is 4.90 Å². The zero-order chi connectivity index (χ0) is 19.7. The normalized spacial score (nSPS) is 11.1. The van der Waals surface area contributed by atoms with Gasteiger partial charge in [0.25, 0.3) is 0 Å². The molecule has 0 saturated heterocycles. The topological polar surface area (TPSA) is 21.1 Å². The summed E-state index contributed by atoms with van der Waals surface area (Å²) in [5.74, 6) is -0.498. The number of halogens is 2. The van der Waals surface area contributed by atoms with Gasteiger partial charge in [0.15, 0.2) is 0 Å². The predicted molar refractivity (Wildman–Crippen MR) is 108 cm³/mol. The Morgan fingerprint density at radius 2 is 1.36 bits per heavy atom. The van der Waals surface area contributed by atoms with E-state index >= 15 is 0 Å². The van der Waals surface area contributed by atoms with Crippen LogP contribution in [0, 0.1) is 18.6 Å². The largest absolute Gasteiger partial charge is 0.363 e. The number of nitrogens with zero attached hydrogens (tertiary/aromatic N) is 3. The van der Waals surface area contributed by atoms with Crippen molar-refractivity contribution >= 4 is 16.6 Å². The third kappa shape index (κ3) is 3.74. The van der Waals surface area contributed by atoms with E-state index in [1.807, 2.05) is 18.7 Å². The van der Waals surface area contributed by atoms with E-state index in [4.69, 9.17) is 0 Å². The molecule has 0 aliphatic rings. The molecule has 3 aromatic carbocycles. The van der Waals surface area contributed by atoms with Crippen molar-refractivity contribution in [3.05, 3.63) is 95.2 Å². The van der Waals surface area contributed by atoms with Gasteiger partial charge in [0.05, 0.1) is 11.2 Å². The molecule has 0 aliphatic carbocycles. The minimum Gasteiger partial charge on any atom is -0.363 e. The highest BCUT2D eigenvalue weighted by Gasteiger charge is 2.12. The molecule has 5 heteroatoms. The highest BCUT2D eigenvalue weighted by Crippen LogP contribution is 2.27. The van der Waals surface area contributed by atoms with Crippen LogP contribution in [0.15, 0.2) is 66.7 Å². The molecule has 0 aliphatic heterocycles. The fourth-order valence-electron chi connectivity index (χ4n) is 3.48. The number of anilines is 1. The molecule has 0 unspecified atom stereocenters. The maximum Gasteiger partial charge on any atom is 0.123 e. The molecular weight excluding hydrogens is 356 g/mol. The van der Waals surface area contributed by atoms with Gasteiger partial charge in [-0.3, -0.25) is 4.68 Å². The summed E-state index contributed by atoms with van der Waals surface area (Å²) in [5.41, 5.74) is 5.10. The van der Waals surface area contributed by atoms with E-state index in [1.165, 1.54) is 24.3 Å². The second-order valence-electron chi connectivity index (χ2n) is 7.02. The first kappa shape index (κ1) is 18.2. The Labute approximate surface area is 162 Å². The Bertz CT molecular complexity index is 1050. The van der Waals surface area contributed by atoms with Crippen molar-refractivity contribution in [1.29, 1.82) is 0 Å². The minimum absolute atomic E-state index is 0.249. The molecule has 0 atom stereocenters. The number of hydrogen-bond donors (Lipinski definition) is 0. The SMILES string of the molecule is Cc1nn(C)c2ccc(N(Cc3ccc(F)cc3)Cc3ccc(F)cc3)cc12. The summed E-state index contributed by atoms with van der Waals surface area (Å²) in [6.07, 6.45) is 0. The van der Waals surface area contributed by atoms with Crippen LogP contribution >= 0.6 is 0 Å². The molecule has 4 aromatic rings. The van der Waals surface area contributed by atoms with E-state index in [-0.39, 0.29) is 11.6 Å². The van der Waals surface area contributed by atoms with E-state index in [1.54, 1.807) is 24.3 Å². The van der Waals surface area contributed by atoms with Crippen LogP contribution in [0.5, 0.6) is 0 Å². The third-order valence-electron chi connectivity index (χ3n) is 4.96. The summed E-state index contributed by atoms with van der Waals surface area (Å²) in [5, 5.41) is 5.59. The summed E-state index contributed by atoms with van der Waals surface area (Å²) < 4.78 is 28.5. The molecule has 28 heavy (non-hydrogen) atoms. The average molecular weight is 377 g/mol. The lowest BCUT2D eigenvalue weighted by Gasteiger charge is -2.25. The monoisotopic (exact) mass is 377 g/mol. The maximum atomic E-state index is 13.3. The molecule has 3 nitrogen and oxygen atoms in total. The number of aryl methyl sites for hydroxylation is 2. The van der Waals surface area contributed by atoms with Crippen LogP contribution in [0.1, 0.15) is 16.8 Å². The fraction of sp³-hybridized carbons (Fsp3) is 0.174. The van der Waals surface area contributed by atoms with Crippen LogP contribution < -0.4 is 4.90 Å². The van der Waals surface area contributed by atoms with Gasteiger partial charge in [-0.1, -0.05) is 24.3 Å². The second-order valence-corrected chi connectivity index (χ2v) is 7.02. The van der Waals surface area contributed by atoms with E-state index in [0.717, 1.165) is 33.4 Å². The third-order valence-corrected chi connectivity index (χ3v) is 4.96. The van der Waals surface area contributed by atoms with Crippen LogP contribution in [0.25, 0.3) is 10.9 Å². The minimum atomic E-state index is -0.249. The summed E-state index contributed by atoms with van der Waals surface area (Å²) in [6, 6.07) is 19.3. The van der Waals surface area contributed by atoms with Crippen molar-refractivity contribution in [3.63, 3.8) is 0 Å². The molecule has 1 aromatic heterocycles. The molecule has 1 heterocycles. The lowest BCUT2D eigenvalue weighted by atomic mass is 10.1. The lowest BCUT2D eigenvalue weighted by Crippen LogP contribution is -2.22. The van der Waals surface area contributed by atoms with E-state index < -0.39 is 0 Å². The van der Waals surface area contributed by atoms with Crippen molar-refractivity contribution in [2.45, 2.75) is 20.0 Å². The summed E-state index contributed by atoms with van der Waals surface area (Å²) >= 11 is 0. The fourth-order valence-corrected chi connectivity index (χ4v) is 3.48. The quantitative estimate of drug-likeness (QED) is 0.466. The second kappa shape index (κ2) is 7.43. The van der Waals surface area contributed by atoms with Gasteiger partial charge in [-0.2, -0.15) is 5.10 Å². The van der Waals surface area contributed by atoms with Crippen LogP contribution in [-0.4, -0.2) is 9.78 Å². The Kier molecular flexibility index (Phi) is 4.82. The highest BCUT2D eigenvalue weighted by atomic mass is 19.1. The number of rotatable bonds is 5. The molecule has 142 valence electrons. The van der Waals surface area contributed by atoms with Gasteiger partial charge in [-0.25, -0.2) is 8.78 Å². The Hall–Kier alpha value is -3.21. The zero-order valence-electron chi connectivity index (χ0n) is 15.9. The smallest absolute Gasteiger partial charge is 0.123 e. The van der Waals surface area contributed by atoms with Gasteiger partial charge < -0.3 is 4.90 Å². The summed E-state index contributed by atoms with van der Waals surface area (Å²) in [4.78, 5) is 2.20. The van der Waals surface area contributed by atoms with Crippen molar-refractivity contribution in [1.82, 2.24) is 9.78 Å². The van der Waals surface area contributed by atoms with Gasteiger partial charge in [-0.15, -0.1) is 0 Å². The number of hydrogen-bond acceptors (Lipinski definition) is 2. The number of benzene rings is 3. The molecule has 0 fully saturated rings. The van der Waals surface area contributed by atoms with Gasteiger partial charge in [0.2, 0.25) is 0 Å². The Morgan fingerprint density at radius 3 is 1.89 bits per heavy atom. The molecule has 0 spiro atoms. The zero-order valence-corrected chi connectivity index (χ0v) is 15.9. The van der Waals surface area contributed by atoms with Crippen LogP contribution in [0.2, 0.25) is 0 Å². The predicted octanol–water partition coefficient (Wildman–Crippen LogP) is 5.37. The van der Waals surface area contributed by atoms with Crippen LogP contribution in [0.3, 0.4) is 0 Å². The van der Waals surface area contributed by atoms with Crippen LogP contribution in [0.4, 0.5) is 14.5 Å². The van der Waals surface area contributed by atoms with Crippen molar-refractivity contribution in [2.24, 2.45) is 7.05 Å².